The van der Waals surface area contributed by atoms with Crippen molar-refractivity contribution in [1.82, 2.24) is 0 Å². The molecule has 0 radical (unpaired) electrons. The van der Waals surface area contributed by atoms with E-state index in [1.807, 2.05) is 0 Å². The second-order valence-corrected chi connectivity index (χ2v) is 6.98. The summed E-state index contributed by atoms with van der Waals surface area (Å²) in [5.74, 6) is 0. The van der Waals surface area contributed by atoms with E-state index in [4.69, 9.17) is 0 Å². The Balaban J connectivity index is 2.06. The van der Waals surface area contributed by atoms with E-state index in [2.05, 4.69) is 40.5 Å². The van der Waals surface area contributed by atoms with E-state index in [1.54, 1.807) is 0 Å². The highest BCUT2D eigenvalue weighted by Crippen LogP contribution is 2.20. The van der Waals surface area contributed by atoms with Gasteiger partial charge < -0.3 is 0 Å². The molecule has 2 heteroatoms. The van der Waals surface area contributed by atoms with Crippen LogP contribution in [0.4, 0.5) is 0 Å². The fourth-order valence-electron chi connectivity index (χ4n) is 1.14. The highest BCUT2D eigenvalue weighted by molar-refractivity contribution is 14.2. The summed E-state index contributed by atoms with van der Waals surface area (Å²) in [5.41, 5.74) is 2.97. The van der Waals surface area contributed by atoms with Crippen LogP contribution in [0.15, 0.2) is 43.6 Å². The van der Waals surface area contributed by atoms with E-state index < -0.39 is 0 Å². The van der Waals surface area contributed by atoms with Gasteiger partial charge >= 0.3 is 0 Å². The Morgan fingerprint density at radius 1 is 1.00 bits per heavy atom. The molecule has 0 aromatic rings. The van der Waals surface area contributed by atoms with Crippen LogP contribution in [-0.2, 0) is 0 Å². The summed E-state index contributed by atoms with van der Waals surface area (Å²) in [6.07, 6.45) is 10.1. The fraction of sp³-hybridized carbons (Fsp3) is 0.0909. The van der Waals surface area contributed by atoms with Gasteiger partial charge in [0.15, 0.2) is 0 Å². The zero-order chi connectivity index (χ0) is 8.93. The second-order valence-electron chi connectivity index (χ2n) is 2.76. The minimum atomic E-state index is 0.217. The van der Waals surface area contributed by atoms with Crippen LogP contribution in [0.3, 0.4) is 0 Å². The predicted molar refractivity (Wildman–Crippen MR) is 79.2 cm³/mol. The van der Waals surface area contributed by atoms with E-state index in [0.29, 0.717) is 0 Å². The molecule has 0 saturated heterocycles. The maximum atomic E-state index is 2.41. The molecule has 13 heavy (non-hydrogen) atoms. The van der Waals surface area contributed by atoms with Gasteiger partial charge in [0.25, 0.3) is 0 Å². The van der Waals surface area contributed by atoms with E-state index in [-0.39, 0.29) is 41.5 Å². The molecule has 0 amide bonds. The van der Waals surface area contributed by atoms with Crippen LogP contribution in [0.1, 0.15) is 6.42 Å². The Hall–Kier alpha value is 0.160. The number of allylic oxidation sites excluding steroid dienone is 6. The van der Waals surface area contributed by atoms with Crippen molar-refractivity contribution in [2.45, 2.75) is 6.42 Å². The molecule has 2 aliphatic heterocycles. The van der Waals surface area contributed by atoms with Gasteiger partial charge in [-0.05, 0) is 33.8 Å². The predicted octanol–water partition coefficient (Wildman–Crippen LogP) is 3.83. The topological polar surface area (TPSA) is 0 Å². The molecular formula is C11H10I2. The third-order valence-corrected chi connectivity index (χ3v) is 5.31. The maximum Gasteiger partial charge on any atom is -0.00211 e. The first-order valence-corrected chi connectivity index (χ1v) is 9.05. The fourth-order valence-corrected chi connectivity index (χ4v) is 4.26. The van der Waals surface area contributed by atoms with E-state index in [0.717, 1.165) is 6.42 Å². The molecule has 0 bridgehead atoms. The normalized spacial score (nSPS) is 20.0. The molecule has 0 saturated carbocycles. The summed E-state index contributed by atoms with van der Waals surface area (Å²) in [6, 6.07) is 0. The quantitative estimate of drug-likeness (QED) is 0.623. The van der Waals surface area contributed by atoms with Crippen molar-refractivity contribution >= 4 is 49.5 Å². The third-order valence-electron chi connectivity index (χ3n) is 1.77. The van der Waals surface area contributed by atoms with Crippen LogP contribution in [-0.4, -0.2) is 8.02 Å². The number of rotatable bonds is 2. The van der Waals surface area contributed by atoms with Gasteiger partial charge in [-0.2, -0.15) is 0 Å². The first-order chi connectivity index (χ1) is 6.45. The largest absolute Gasteiger partial charge is 0.0937 e. The molecule has 0 aliphatic carbocycles. The summed E-state index contributed by atoms with van der Waals surface area (Å²) in [7, 11) is 0. The Morgan fingerprint density at radius 2 is 2.00 bits per heavy atom. The van der Waals surface area contributed by atoms with Gasteiger partial charge in [-0.3, -0.25) is 0 Å². The van der Waals surface area contributed by atoms with E-state index in [1.165, 1.54) is 11.1 Å². The molecule has 0 N–H and O–H groups in total. The van der Waals surface area contributed by atoms with Crippen molar-refractivity contribution in [2.24, 2.45) is 0 Å². The number of halogens is 2. The van der Waals surface area contributed by atoms with Gasteiger partial charge in [-0.25, -0.2) is 0 Å². The molecule has 68 valence electrons. The lowest BCUT2D eigenvalue weighted by molar-refractivity contribution is 1.26. The lowest BCUT2D eigenvalue weighted by atomic mass is 10.1. The van der Waals surface area contributed by atoms with Crippen LogP contribution in [0.5, 0.6) is 0 Å². The smallest absolute Gasteiger partial charge is 0.00211 e. The standard InChI is InChI=1S/C11H10I2/c1-2-11(9-13-5-1)8-10-3-6-12-7-4-10/h1-7,9H,8H2. The van der Waals surface area contributed by atoms with Crippen LogP contribution in [0.25, 0.3) is 0 Å². The van der Waals surface area contributed by atoms with Gasteiger partial charge in [0.05, 0.1) is 0 Å². The first-order valence-electron chi connectivity index (χ1n) is 4.07. The summed E-state index contributed by atoms with van der Waals surface area (Å²) in [4.78, 5) is 0. The summed E-state index contributed by atoms with van der Waals surface area (Å²) in [6.45, 7) is 0. The Kier molecular flexibility index (Phi) is 3.84. The van der Waals surface area contributed by atoms with Gasteiger partial charge in [-0.1, -0.05) is 65.8 Å². The van der Waals surface area contributed by atoms with Gasteiger partial charge in [0.1, 0.15) is 0 Å². The molecule has 0 aromatic heterocycles. The monoisotopic (exact) mass is 396 g/mol. The maximum absolute atomic E-state index is 2.41. The molecule has 0 unspecified atom stereocenters. The van der Waals surface area contributed by atoms with Crippen LogP contribution < -0.4 is 0 Å². The zero-order valence-electron chi connectivity index (χ0n) is 7.08. The molecule has 0 spiro atoms. The lowest BCUT2D eigenvalue weighted by Gasteiger charge is -2.05. The number of hydrogen-bond acceptors (Lipinski definition) is 0. The minimum Gasteiger partial charge on any atom is -0.0937 e. The summed E-state index contributed by atoms with van der Waals surface area (Å²) >= 11 is 0.461. The van der Waals surface area contributed by atoms with Crippen molar-refractivity contribution in [3.8, 4) is 0 Å². The molecule has 2 aliphatic rings. The molecule has 0 fully saturated rings. The highest BCUT2D eigenvalue weighted by atomic mass is 127. The summed E-state index contributed by atoms with van der Waals surface area (Å²) < 4.78 is 9.38. The molecule has 2 heterocycles. The van der Waals surface area contributed by atoms with E-state index in [9.17, 15) is 0 Å². The molecule has 0 atom stereocenters. The number of hydrogen-bond donors (Lipinski definition) is 0. The average Bonchev–Trinajstić information content (AvgIpc) is 2.21. The Labute approximate surface area is 98.6 Å². The van der Waals surface area contributed by atoms with Gasteiger partial charge in [0.2, 0.25) is 0 Å². The SMILES string of the molecule is C1=CI=CC(CC2=CC=IC=C2)=C1. The van der Waals surface area contributed by atoms with Crippen LogP contribution in [0.2, 0.25) is 0 Å². The minimum absolute atomic E-state index is 0.217. The first kappa shape index (κ1) is 9.71. The van der Waals surface area contributed by atoms with Gasteiger partial charge in [0, 0.05) is 0 Å². The molecule has 0 nitrogen and oxygen atoms in total. The van der Waals surface area contributed by atoms with Gasteiger partial charge in [-0.15, -0.1) is 0 Å². The average molecular weight is 396 g/mol. The third kappa shape index (κ3) is 3.09. The second kappa shape index (κ2) is 5.14. The molecule has 2 rings (SSSR count). The highest BCUT2D eigenvalue weighted by Gasteiger charge is 1.98. The lowest BCUT2D eigenvalue weighted by Crippen LogP contribution is -1.89. The molecular weight excluding hydrogens is 386 g/mol. The Morgan fingerprint density at radius 3 is 2.69 bits per heavy atom. The Bertz CT molecular complexity index is 330. The van der Waals surface area contributed by atoms with Crippen molar-refractivity contribution < 1.29 is 0 Å². The van der Waals surface area contributed by atoms with Crippen molar-refractivity contribution in [3.63, 3.8) is 0 Å². The van der Waals surface area contributed by atoms with Crippen molar-refractivity contribution in [1.29, 1.82) is 0 Å². The van der Waals surface area contributed by atoms with Crippen LogP contribution >= 0.6 is 41.5 Å². The van der Waals surface area contributed by atoms with Crippen molar-refractivity contribution in [3.05, 3.63) is 43.6 Å². The zero-order valence-corrected chi connectivity index (χ0v) is 11.4. The van der Waals surface area contributed by atoms with E-state index >= 15 is 0 Å². The van der Waals surface area contributed by atoms with Crippen LogP contribution in [0, 0.1) is 0 Å². The summed E-state index contributed by atoms with van der Waals surface area (Å²) in [5, 5.41) is 0. The van der Waals surface area contributed by atoms with Crippen molar-refractivity contribution in [2.75, 3.05) is 0 Å². The molecule has 0 aromatic carbocycles.